The van der Waals surface area contributed by atoms with Gasteiger partial charge in [0, 0.05) is 30.7 Å². The maximum atomic E-state index is 13.0. The Hall–Kier alpha value is -1.38. The van der Waals surface area contributed by atoms with Crippen molar-refractivity contribution in [2.24, 2.45) is 0 Å². The fourth-order valence-electron chi connectivity index (χ4n) is 2.75. The molecule has 9 heteroatoms. The van der Waals surface area contributed by atoms with Crippen LogP contribution in [0, 0.1) is 0 Å². The van der Waals surface area contributed by atoms with E-state index in [1.807, 2.05) is 12.1 Å². The average Bonchev–Trinajstić information content (AvgIpc) is 2.62. The van der Waals surface area contributed by atoms with Gasteiger partial charge in [-0.2, -0.15) is 4.31 Å². The number of nitrogens with one attached hydrogen (secondary N) is 1. The Labute approximate surface area is 158 Å². The van der Waals surface area contributed by atoms with Crippen LogP contribution in [0.4, 0.5) is 0 Å². The number of methoxy groups -OCH3 is 1. The summed E-state index contributed by atoms with van der Waals surface area (Å²) in [5.74, 6) is 0.376. The maximum Gasteiger partial charge on any atom is 0.245 e. The molecule has 1 fully saturated rings. The zero-order valence-corrected chi connectivity index (χ0v) is 15.9. The molecule has 0 spiro atoms. The van der Waals surface area contributed by atoms with Gasteiger partial charge in [-0.25, -0.2) is 13.4 Å². The van der Waals surface area contributed by atoms with Gasteiger partial charge >= 0.3 is 0 Å². The van der Waals surface area contributed by atoms with Gasteiger partial charge in [-0.15, -0.1) is 12.4 Å². The normalized spacial score (nSPS) is 18.4. The van der Waals surface area contributed by atoms with Crippen LogP contribution in [0.5, 0.6) is 5.88 Å². The van der Waals surface area contributed by atoms with E-state index in [2.05, 4.69) is 10.3 Å². The zero-order chi connectivity index (χ0) is 17.2. The van der Waals surface area contributed by atoms with Crippen LogP contribution in [-0.4, -0.2) is 44.5 Å². The van der Waals surface area contributed by atoms with Gasteiger partial charge < -0.3 is 10.1 Å². The van der Waals surface area contributed by atoms with Crippen LogP contribution < -0.4 is 10.1 Å². The third kappa shape index (κ3) is 4.24. The number of hydrogen-bond donors (Lipinski definition) is 1. The Morgan fingerprint density at radius 2 is 2.12 bits per heavy atom. The highest BCUT2D eigenvalue weighted by atomic mass is 35.5. The molecule has 1 N–H and O–H groups in total. The Morgan fingerprint density at radius 1 is 1.32 bits per heavy atom. The van der Waals surface area contributed by atoms with Crippen LogP contribution in [-0.2, 0) is 10.0 Å². The number of sulfonamides is 1. The van der Waals surface area contributed by atoms with Crippen molar-refractivity contribution in [3.63, 3.8) is 0 Å². The number of nitrogens with zero attached hydrogens (tertiary/aromatic N) is 2. The number of halogens is 2. The number of ether oxygens (including phenoxy) is 1. The molecule has 136 valence electrons. The average molecular weight is 404 g/mol. The lowest BCUT2D eigenvalue weighted by molar-refractivity contribution is 0.271. The van der Waals surface area contributed by atoms with Gasteiger partial charge in [0.2, 0.25) is 15.9 Å². The van der Waals surface area contributed by atoms with Crippen LogP contribution in [0.3, 0.4) is 0 Å². The first-order valence-corrected chi connectivity index (χ1v) is 9.32. The molecule has 0 bridgehead atoms. The molecule has 3 rings (SSSR count). The van der Waals surface area contributed by atoms with Gasteiger partial charge in [-0.3, -0.25) is 0 Å². The summed E-state index contributed by atoms with van der Waals surface area (Å²) in [4.78, 5) is 4.16. The lowest BCUT2D eigenvalue weighted by atomic mass is 10.1. The highest BCUT2D eigenvalue weighted by Crippen LogP contribution is 2.30. The van der Waals surface area contributed by atoms with Gasteiger partial charge in [0.15, 0.2) is 0 Å². The SMILES string of the molecule is COc1ccc(S(=O)(=O)N2CCNCC2c2cccc(Cl)c2)cn1.Cl. The van der Waals surface area contributed by atoms with Gasteiger partial charge in [0.05, 0.1) is 19.3 Å². The first-order valence-electron chi connectivity index (χ1n) is 7.50. The molecule has 25 heavy (non-hydrogen) atoms. The molecule has 6 nitrogen and oxygen atoms in total. The Morgan fingerprint density at radius 3 is 2.76 bits per heavy atom. The molecule has 1 atom stereocenters. The predicted octanol–water partition coefficient (Wildman–Crippen LogP) is 2.50. The third-order valence-electron chi connectivity index (χ3n) is 3.95. The summed E-state index contributed by atoms with van der Waals surface area (Å²) >= 11 is 6.06. The van der Waals surface area contributed by atoms with Crippen molar-refractivity contribution in [2.75, 3.05) is 26.7 Å². The van der Waals surface area contributed by atoms with Crippen molar-refractivity contribution < 1.29 is 13.2 Å². The minimum absolute atomic E-state index is 0. The summed E-state index contributed by atoms with van der Waals surface area (Å²) in [5, 5.41) is 3.82. The van der Waals surface area contributed by atoms with Crippen LogP contribution in [0.2, 0.25) is 5.02 Å². The second-order valence-electron chi connectivity index (χ2n) is 5.43. The first-order chi connectivity index (χ1) is 11.5. The molecule has 1 aliphatic heterocycles. The molecule has 1 saturated heterocycles. The molecule has 0 amide bonds. The molecule has 1 aliphatic rings. The molecule has 1 aromatic carbocycles. The minimum atomic E-state index is -3.66. The van der Waals surface area contributed by atoms with E-state index in [1.54, 1.807) is 18.2 Å². The van der Waals surface area contributed by atoms with Crippen molar-refractivity contribution in [2.45, 2.75) is 10.9 Å². The second kappa shape index (κ2) is 8.33. The molecular formula is C16H19Cl2N3O3S. The lowest BCUT2D eigenvalue weighted by Crippen LogP contribution is -2.48. The summed E-state index contributed by atoms with van der Waals surface area (Å²) in [6.07, 6.45) is 1.32. The monoisotopic (exact) mass is 403 g/mol. The molecule has 0 radical (unpaired) electrons. The van der Waals surface area contributed by atoms with E-state index in [9.17, 15) is 8.42 Å². The molecule has 2 heterocycles. The fourth-order valence-corrected chi connectivity index (χ4v) is 4.51. The summed E-state index contributed by atoms with van der Waals surface area (Å²) in [6, 6.07) is 10.0. The van der Waals surface area contributed by atoms with E-state index in [0.717, 1.165) is 5.56 Å². The van der Waals surface area contributed by atoms with Crippen molar-refractivity contribution in [3.05, 3.63) is 53.2 Å². The van der Waals surface area contributed by atoms with E-state index >= 15 is 0 Å². The Balaban J connectivity index is 0.00000225. The van der Waals surface area contributed by atoms with Crippen LogP contribution in [0.15, 0.2) is 47.5 Å². The highest BCUT2D eigenvalue weighted by molar-refractivity contribution is 7.89. The molecule has 1 aromatic heterocycles. The van der Waals surface area contributed by atoms with Gasteiger partial charge in [-0.05, 0) is 23.8 Å². The summed E-state index contributed by atoms with van der Waals surface area (Å²) in [7, 11) is -2.18. The van der Waals surface area contributed by atoms with Crippen molar-refractivity contribution in [1.82, 2.24) is 14.6 Å². The van der Waals surface area contributed by atoms with E-state index in [4.69, 9.17) is 16.3 Å². The van der Waals surface area contributed by atoms with Crippen LogP contribution >= 0.6 is 24.0 Å². The van der Waals surface area contributed by atoms with Crippen LogP contribution in [0.1, 0.15) is 11.6 Å². The molecule has 2 aromatic rings. The Kier molecular flexibility index (Phi) is 6.65. The molecular weight excluding hydrogens is 385 g/mol. The van der Waals surface area contributed by atoms with Gasteiger partial charge in [0.25, 0.3) is 0 Å². The highest BCUT2D eigenvalue weighted by Gasteiger charge is 2.34. The lowest BCUT2D eigenvalue weighted by Gasteiger charge is -2.35. The number of benzene rings is 1. The first kappa shape index (κ1) is 19.9. The number of hydrogen-bond acceptors (Lipinski definition) is 5. The fraction of sp³-hybridized carbons (Fsp3) is 0.312. The van der Waals surface area contributed by atoms with Gasteiger partial charge in [0.1, 0.15) is 4.90 Å². The van der Waals surface area contributed by atoms with E-state index in [1.165, 1.54) is 23.7 Å². The van der Waals surface area contributed by atoms with Crippen molar-refractivity contribution in [3.8, 4) is 5.88 Å². The number of pyridine rings is 1. The van der Waals surface area contributed by atoms with Crippen molar-refractivity contribution in [1.29, 1.82) is 0 Å². The summed E-state index contributed by atoms with van der Waals surface area (Å²) in [6.45, 7) is 1.51. The molecule has 1 unspecified atom stereocenters. The minimum Gasteiger partial charge on any atom is -0.481 e. The topological polar surface area (TPSA) is 71.5 Å². The van der Waals surface area contributed by atoms with Crippen molar-refractivity contribution >= 4 is 34.0 Å². The summed E-state index contributed by atoms with van der Waals surface area (Å²) < 4.78 is 32.6. The number of aromatic nitrogens is 1. The van der Waals surface area contributed by atoms with E-state index < -0.39 is 10.0 Å². The predicted molar refractivity (Wildman–Crippen MR) is 99.0 cm³/mol. The largest absolute Gasteiger partial charge is 0.481 e. The number of piperazine rings is 1. The summed E-state index contributed by atoms with van der Waals surface area (Å²) in [5.41, 5.74) is 0.861. The third-order valence-corrected chi connectivity index (χ3v) is 6.08. The smallest absolute Gasteiger partial charge is 0.245 e. The zero-order valence-electron chi connectivity index (χ0n) is 13.6. The van der Waals surface area contributed by atoms with Crippen LogP contribution in [0.25, 0.3) is 0 Å². The molecule has 0 aliphatic carbocycles. The Bertz CT molecular complexity index is 816. The van der Waals surface area contributed by atoms with E-state index in [-0.39, 0.29) is 23.3 Å². The maximum absolute atomic E-state index is 13.0. The molecule has 0 saturated carbocycles. The van der Waals surface area contributed by atoms with Gasteiger partial charge in [-0.1, -0.05) is 23.7 Å². The van der Waals surface area contributed by atoms with E-state index in [0.29, 0.717) is 30.5 Å². The standard InChI is InChI=1S/C16H18ClN3O3S.ClH/c1-23-16-6-5-14(10-19-16)24(21,22)20-8-7-18-11-15(20)12-3-2-4-13(17)9-12;/h2-6,9-10,15,18H,7-8,11H2,1H3;1H. The number of rotatable bonds is 4. The second-order valence-corrected chi connectivity index (χ2v) is 7.75. The quantitative estimate of drug-likeness (QED) is 0.848.